The van der Waals surface area contributed by atoms with E-state index in [9.17, 15) is 9.59 Å². The number of carbonyl (C=O) groups excluding carboxylic acids is 2. The van der Waals surface area contributed by atoms with Crippen LogP contribution in [0.1, 0.15) is 38.5 Å². The molecule has 106 valence electrons. The summed E-state index contributed by atoms with van der Waals surface area (Å²) < 4.78 is 0. The quantitative estimate of drug-likeness (QED) is 0.770. The standard InChI is InChI=1S/C14H22N2O2S/c17-13-6-8-15(10-11-4-3-9-19-11)14(18)12-5-1-2-7-16(12)13/h11-12H,1-10H2. The number of amides is 2. The highest BCUT2D eigenvalue weighted by Gasteiger charge is 2.38. The summed E-state index contributed by atoms with van der Waals surface area (Å²) in [6, 6.07) is -0.157. The molecule has 3 rings (SSSR count). The number of hydrogen-bond acceptors (Lipinski definition) is 3. The molecule has 0 aromatic heterocycles. The van der Waals surface area contributed by atoms with Gasteiger partial charge in [-0.25, -0.2) is 0 Å². The van der Waals surface area contributed by atoms with Crippen LogP contribution >= 0.6 is 11.8 Å². The van der Waals surface area contributed by atoms with E-state index < -0.39 is 0 Å². The van der Waals surface area contributed by atoms with E-state index in [2.05, 4.69) is 0 Å². The Kier molecular flexibility index (Phi) is 4.01. The van der Waals surface area contributed by atoms with Crippen LogP contribution in [0.25, 0.3) is 0 Å². The third-order valence-corrected chi connectivity index (χ3v) is 5.84. The van der Waals surface area contributed by atoms with Crippen molar-refractivity contribution in [3.8, 4) is 0 Å². The van der Waals surface area contributed by atoms with Crippen LogP contribution in [0, 0.1) is 0 Å². The fourth-order valence-corrected chi connectivity index (χ4v) is 4.68. The monoisotopic (exact) mass is 282 g/mol. The lowest BCUT2D eigenvalue weighted by Crippen LogP contribution is -2.50. The van der Waals surface area contributed by atoms with E-state index >= 15 is 0 Å². The van der Waals surface area contributed by atoms with Gasteiger partial charge >= 0.3 is 0 Å². The molecule has 3 aliphatic heterocycles. The fraction of sp³-hybridized carbons (Fsp3) is 0.857. The van der Waals surface area contributed by atoms with Gasteiger partial charge in [-0.05, 0) is 37.9 Å². The van der Waals surface area contributed by atoms with E-state index in [0.29, 0.717) is 18.2 Å². The first-order valence-corrected chi connectivity index (χ1v) is 8.50. The van der Waals surface area contributed by atoms with Crippen LogP contribution in [-0.2, 0) is 9.59 Å². The zero-order chi connectivity index (χ0) is 13.2. The largest absolute Gasteiger partial charge is 0.339 e. The first-order valence-electron chi connectivity index (χ1n) is 7.45. The molecule has 0 aromatic carbocycles. The molecule has 3 fully saturated rings. The second kappa shape index (κ2) is 5.73. The number of carbonyl (C=O) groups is 2. The third kappa shape index (κ3) is 2.76. The van der Waals surface area contributed by atoms with Crippen LogP contribution in [-0.4, -0.2) is 58.3 Å². The minimum Gasteiger partial charge on any atom is -0.339 e. The van der Waals surface area contributed by atoms with Crippen molar-refractivity contribution in [2.24, 2.45) is 0 Å². The second-order valence-corrected chi connectivity index (χ2v) is 7.18. The van der Waals surface area contributed by atoms with Crippen molar-refractivity contribution >= 4 is 23.6 Å². The molecule has 0 aromatic rings. The molecule has 5 heteroatoms. The highest BCUT2D eigenvalue weighted by molar-refractivity contribution is 8.00. The van der Waals surface area contributed by atoms with Crippen molar-refractivity contribution in [2.45, 2.75) is 49.8 Å². The van der Waals surface area contributed by atoms with E-state index in [1.54, 1.807) is 0 Å². The van der Waals surface area contributed by atoms with Crippen LogP contribution in [0.15, 0.2) is 0 Å². The zero-order valence-electron chi connectivity index (χ0n) is 11.3. The molecule has 19 heavy (non-hydrogen) atoms. The summed E-state index contributed by atoms with van der Waals surface area (Å²) in [5.74, 6) is 1.61. The SMILES string of the molecule is O=C1C2CCCCN2C(=O)CCN1CC1CCCS1. The molecule has 0 bridgehead atoms. The molecular formula is C14H22N2O2S. The summed E-state index contributed by atoms with van der Waals surface area (Å²) in [4.78, 5) is 28.6. The van der Waals surface area contributed by atoms with Gasteiger partial charge in [0, 0.05) is 31.3 Å². The Morgan fingerprint density at radius 2 is 2.00 bits per heavy atom. The molecule has 2 unspecified atom stereocenters. The molecule has 0 saturated carbocycles. The smallest absolute Gasteiger partial charge is 0.245 e. The van der Waals surface area contributed by atoms with Gasteiger partial charge in [0.1, 0.15) is 6.04 Å². The van der Waals surface area contributed by atoms with Crippen LogP contribution in [0.5, 0.6) is 0 Å². The summed E-state index contributed by atoms with van der Waals surface area (Å²) in [5, 5.41) is 0.592. The van der Waals surface area contributed by atoms with E-state index in [4.69, 9.17) is 0 Å². The molecule has 3 saturated heterocycles. The van der Waals surface area contributed by atoms with Crippen molar-refractivity contribution in [1.82, 2.24) is 9.80 Å². The molecule has 0 spiro atoms. The van der Waals surface area contributed by atoms with Crippen LogP contribution in [0.4, 0.5) is 0 Å². The van der Waals surface area contributed by atoms with Gasteiger partial charge in [-0.15, -0.1) is 0 Å². The van der Waals surface area contributed by atoms with Gasteiger partial charge in [0.15, 0.2) is 0 Å². The Balaban J connectivity index is 1.71. The Morgan fingerprint density at radius 3 is 2.79 bits per heavy atom. The molecule has 3 aliphatic rings. The molecular weight excluding hydrogens is 260 g/mol. The first kappa shape index (κ1) is 13.3. The number of nitrogens with zero attached hydrogens (tertiary/aromatic N) is 2. The third-order valence-electron chi connectivity index (χ3n) is 4.46. The summed E-state index contributed by atoms with van der Waals surface area (Å²) in [7, 11) is 0. The molecule has 2 amide bonds. The van der Waals surface area contributed by atoms with Gasteiger partial charge in [0.05, 0.1) is 0 Å². The normalized spacial score (nSPS) is 32.4. The number of hydrogen-bond donors (Lipinski definition) is 0. The van der Waals surface area contributed by atoms with Gasteiger partial charge < -0.3 is 9.80 Å². The molecule has 4 nitrogen and oxygen atoms in total. The van der Waals surface area contributed by atoms with Crippen LogP contribution in [0.3, 0.4) is 0 Å². The van der Waals surface area contributed by atoms with Crippen molar-refractivity contribution in [3.63, 3.8) is 0 Å². The van der Waals surface area contributed by atoms with Crippen molar-refractivity contribution in [2.75, 3.05) is 25.4 Å². The lowest BCUT2D eigenvalue weighted by atomic mass is 10.0. The highest BCUT2D eigenvalue weighted by atomic mass is 32.2. The van der Waals surface area contributed by atoms with E-state index in [-0.39, 0.29) is 17.9 Å². The van der Waals surface area contributed by atoms with Gasteiger partial charge in [-0.3, -0.25) is 9.59 Å². The number of thioether (sulfide) groups is 1. The van der Waals surface area contributed by atoms with Crippen molar-refractivity contribution in [3.05, 3.63) is 0 Å². The molecule has 0 aliphatic carbocycles. The fourth-order valence-electron chi connectivity index (χ4n) is 3.40. The average molecular weight is 282 g/mol. The maximum Gasteiger partial charge on any atom is 0.245 e. The van der Waals surface area contributed by atoms with Crippen molar-refractivity contribution < 1.29 is 9.59 Å². The summed E-state index contributed by atoms with van der Waals surface area (Å²) in [6.45, 7) is 2.25. The summed E-state index contributed by atoms with van der Waals surface area (Å²) >= 11 is 1.98. The Labute approximate surface area is 118 Å². The topological polar surface area (TPSA) is 40.6 Å². The lowest BCUT2D eigenvalue weighted by Gasteiger charge is -2.34. The number of rotatable bonds is 2. The lowest BCUT2D eigenvalue weighted by molar-refractivity contribution is -0.143. The van der Waals surface area contributed by atoms with Gasteiger partial charge in [0.25, 0.3) is 0 Å². The van der Waals surface area contributed by atoms with Gasteiger partial charge in [0.2, 0.25) is 11.8 Å². The van der Waals surface area contributed by atoms with Crippen molar-refractivity contribution in [1.29, 1.82) is 0 Å². The van der Waals surface area contributed by atoms with E-state index in [1.807, 2.05) is 21.6 Å². The minimum atomic E-state index is -0.157. The Hall–Kier alpha value is -0.710. The minimum absolute atomic E-state index is 0.157. The highest BCUT2D eigenvalue weighted by Crippen LogP contribution is 2.29. The molecule has 3 heterocycles. The summed E-state index contributed by atoms with van der Waals surface area (Å²) in [5.41, 5.74) is 0. The molecule has 0 radical (unpaired) electrons. The predicted molar refractivity (Wildman–Crippen MR) is 76.0 cm³/mol. The van der Waals surface area contributed by atoms with Crippen LogP contribution in [0.2, 0.25) is 0 Å². The Bertz CT molecular complexity index is 368. The maximum atomic E-state index is 12.6. The zero-order valence-corrected chi connectivity index (χ0v) is 12.2. The number of fused-ring (bicyclic) bond motifs is 1. The van der Waals surface area contributed by atoms with Crippen LogP contribution < -0.4 is 0 Å². The Morgan fingerprint density at radius 1 is 1.11 bits per heavy atom. The molecule has 2 atom stereocenters. The predicted octanol–water partition coefficient (Wildman–Crippen LogP) is 1.50. The van der Waals surface area contributed by atoms with Gasteiger partial charge in [-0.1, -0.05) is 0 Å². The second-order valence-electron chi connectivity index (χ2n) is 5.77. The average Bonchev–Trinajstić information content (AvgIpc) is 2.91. The summed E-state index contributed by atoms with van der Waals surface area (Å²) in [6.07, 6.45) is 5.99. The first-order chi connectivity index (χ1) is 9.25. The molecule has 0 N–H and O–H groups in total. The maximum absolute atomic E-state index is 12.6. The number of piperidine rings is 1. The van der Waals surface area contributed by atoms with E-state index in [1.165, 1.54) is 18.6 Å². The van der Waals surface area contributed by atoms with E-state index in [0.717, 1.165) is 32.4 Å². The van der Waals surface area contributed by atoms with Gasteiger partial charge in [-0.2, -0.15) is 11.8 Å².